The maximum atomic E-state index is 2.29. The van der Waals surface area contributed by atoms with Crippen molar-refractivity contribution in [3.05, 3.63) is 0 Å². The Balaban J connectivity index is 1.86. The van der Waals surface area contributed by atoms with Crippen molar-refractivity contribution in [3.63, 3.8) is 0 Å². The van der Waals surface area contributed by atoms with E-state index >= 15 is 0 Å². The van der Waals surface area contributed by atoms with Gasteiger partial charge in [0.05, 0.1) is 0 Å². The van der Waals surface area contributed by atoms with Crippen LogP contribution >= 0.6 is 0 Å². The van der Waals surface area contributed by atoms with Gasteiger partial charge in [-0.15, -0.1) is 0 Å². The van der Waals surface area contributed by atoms with Gasteiger partial charge in [0.1, 0.15) is 0 Å². The third kappa shape index (κ3) is 4.34. The van der Waals surface area contributed by atoms with Crippen LogP contribution in [0.1, 0.15) is 45.4 Å². The van der Waals surface area contributed by atoms with Gasteiger partial charge in [-0.3, -0.25) is 0 Å². The molecule has 1 rings (SSSR count). The minimum atomic E-state index is 0.676. The van der Waals surface area contributed by atoms with Crippen molar-refractivity contribution in [2.45, 2.75) is 45.4 Å². The van der Waals surface area contributed by atoms with Gasteiger partial charge in [-0.05, 0) is 0 Å². The summed E-state index contributed by atoms with van der Waals surface area (Å²) < 4.78 is 3.27. The molecule has 1 heterocycles. The van der Waals surface area contributed by atoms with E-state index in [1.807, 2.05) is 0 Å². The molecule has 0 aromatic carbocycles. The van der Waals surface area contributed by atoms with Gasteiger partial charge < -0.3 is 0 Å². The van der Waals surface area contributed by atoms with Gasteiger partial charge in [-0.2, -0.15) is 0 Å². The first-order valence-corrected chi connectivity index (χ1v) is 8.02. The van der Waals surface area contributed by atoms with E-state index in [0.29, 0.717) is 21.2 Å². The predicted octanol–water partition coefficient (Wildman–Crippen LogP) is 0.0657. The fourth-order valence-electron chi connectivity index (χ4n) is 1.62. The van der Waals surface area contributed by atoms with Gasteiger partial charge >= 0.3 is 81.4 Å². The first kappa shape index (κ1) is 9.82. The van der Waals surface area contributed by atoms with Gasteiger partial charge in [0.15, 0.2) is 0 Å². The quantitative estimate of drug-likeness (QED) is 0.375. The molecule has 0 aromatic heterocycles. The Kier molecular flexibility index (Phi) is 5.59. The van der Waals surface area contributed by atoms with Gasteiger partial charge in [0.2, 0.25) is 0 Å². The molecule has 1 fully saturated rings. The number of hydrogen-bond donors (Lipinski definition) is 0. The van der Waals surface area contributed by atoms with Gasteiger partial charge in [0, 0.05) is 0 Å². The zero-order valence-corrected chi connectivity index (χ0v) is 9.77. The molecule has 0 radical (unpaired) electrons. The number of unbranched alkanes of at least 4 members (excludes halogenated alkanes) is 3. The Labute approximate surface area is 81.4 Å². The summed E-state index contributed by atoms with van der Waals surface area (Å²) in [5, 5.41) is 0. The van der Waals surface area contributed by atoms with E-state index in [0.717, 1.165) is 0 Å². The third-order valence-electron chi connectivity index (χ3n) is 2.44. The van der Waals surface area contributed by atoms with Crippen LogP contribution < -0.4 is 21.2 Å². The molecule has 11 heavy (non-hydrogen) atoms. The van der Waals surface area contributed by atoms with Crippen molar-refractivity contribution in [2.24, 2.45) is 5.92 Å². The molecule has 1 saturated heterocycles. The molecule has 1 aliphatic rings. The molecule has 0 N–H and O–H groups in total. The van der Waals surface area contributed by atoms with E-state index in [-0.39, 0.29) is 0 Å². The number of halogens is 1. The molecule has 1 unspecified atom stereocenters. The predicted molar refractivity (Wildman–Crippen MR) is 46.6 cm³/mol. The summed E-state index contributed by atoms with van der Waals surface area (Å²) in [7, 11) is 0. The molecule has 0 bridgehead atoms. The van der Waals surface area contributed by atoms with E-state index in [1.165, 1.54) is 31.6 Å². The van der Waals surface area contributed by atoms with E-state index in [4.69, 9.17) is 0 Å². The molecule has 1 heteroatoms. The average molecular weight is 267 g/mol. The molecule has 0 saturated carbocycles. The fourth-order valence-corrected chi connectivity index (χ4v) is 5.14. The molecule has 0 aliphatic carbocycles. The van der Waals surface area contributed by atoms with Crippen LogP contribution in [0, 0.1) is 5.92 Å². The second-order valence-electron chi connectivity index (χ2n) is 3.54. The summed E-state index contributed by atoms with van der Waals surface area (Å²) in [5.74, 6) is 1.17. The van der Waals surface area contributed by atoms with E-state index in [9.17, 15) is 0 Å². The van der Waals surface area contributed by atoms with Crippen molar-refractivity contribution in [2.75, 3.05) is 8.86 Å². The van der Waals surface area contributed by atoms with Crippen molar-refractivity contribution < 1.29 is 21.2 Å². The average Bonchev–Trinajstić information content (AvgIpc) is 2.50. The molecule has 1 atom stereocenters. The van der Waals surface area contributed by atoms with Crippen molar-refractivity contribution in [3.8, 4) is 0 Å². The summed E-state index contributed by atoms with van der Waals surface area (Å²) in [6, 6.07) is 0. The number of hydrogen-bond acceptors (Lipinski definition) is 0. The second kappa shape index (κ2) is 6.27. The molecule has 0 spiro atoms. The Morgan fingerprint density at radius 1 is 1.27 bits per heavy atom. The SMILES string of the molecule is CCCCCCC1CC[I-]C1. The zero-order valence-electron chi connectivity index (χ0n) is 7.61. The standard InChI is InChI=1S/C10H20I/c1-2-3-4-5-6-10-7-8-11-9-10/h10H,2-9H2,1H3/q-1. The Morgan fingerprint density at radius 2 is 2.18 bits per heavy atom. The Bertz CT molecular complexity index is 84.9. The summed E-state index contributed by atoms with van der Waals surface area (Å²) in [4.78, 5) is 0. The molecule has 68 valence electrons. The molecule has 1 aliphatic heterocycles. The van der Waals surface area contributed by atoms with Crippen LogP contribution in [0.5, 0.6) is 0 Å². The van der Waals surface area contributed by atoms with E-state index in [1.54, 1.807) is 21.7 Å². The Hall–Kier alpha value is 0.730. The Morgan fingerprint density at radius 3 is 2.82 bits per heavy atom. The van der Waals surface area contributed by atoms with E-state index in [2.05, 4.69) is 6.92 Å². The number of rotatable bonds is 5. The first-order chi connectivity index (χ1) is 5.43. The topological polar surface area (TPSA) is 0 Å². The van der Waals surface area contributed by atoms with Crippen LogP contribution in [0.3, 0.4) is 0 Å². The molecule has 0 aromatic rings. The zero-order chi connectivity index (χ0) is 7.94. The second-order valence-corrected chi connectivity index (χ2v) is 6.57. The van der Waals surface area contributed by atoms with Gasteiger partial charge in [-0.25, -0.2) is 0 Å². The third-order valence-corrected chi connectivity index (χ3v) is 5.70. The fraction of sp³-hybridized carbons (Fsp3) is 1.00. The maximum absolute atomic E-state index is 2.29. The molecule has 0 amide bonds. The van der Waals surface area contributed by atoms with Crippen molar-refractivity contribution in [1.29, 1.82) is 0 Å². The monoisotopic (exact) mass is 267 g/mol. The molecular weight excluding hydrogens is 247 g/mol. The van der Waals surface area contributed by atoms with Crippen LogP contribution in [0.4, 0.5) is 0 Å². The number of alkyl halides is 2. The van der Waals surface area contributed by atoms with Crippen LogP contribution in [0.2, 0.25) is 0 Å². The first-order valence-electron chi connectivity index (χ1n) is 4.97. The van der Waals surface area contributed by atoms with Crippen LogP contribution in [-0.4, -0.2) is 8.86 Å². The van der Waals surface area contributed by atoms with E-state index < -0.39 is 0 Å². The van der Waals surface area contributed by atoms with Crippen LogP contribution in [-0.2, 0) is 0 Å². The van der Waals surface area contributed by atoms with Crippen LogP contribution in [0.25, 0.3) is 0 Å². The molecule has 0 nitrogen and oxygen atoms in total. The minimum absolute atomic E-state index is 0.676. The summed E-state index contributed by atoms with van der Waals surface area (Å²) in [6.07, 6.45) is 8.99. The van der Waals surface area contributed by atoms with Gasteiger partial charge in [-0.1, -0.05) is 0 Å². The molecular formula is C10H20I-. The van der Waals surface area contributed by atoms with Gasteiger partial charge in [0.25, 0.3) is 0 Å². The summed E-state index contributed by atoms with van der Waals surface area (Å²) in [6.45, 7) is 2.29. The summed E-state index contributed by atoms with van der Waals surface area (Å²) >= 11 is 0.676. The summed E-state index contributed by atoms with van der Waals surface area (Å²) in [5.41, 5.74) is 0. The normalized spacial score (nSPS) is 25.0. The van der Waals surface area contributed by atoms with Crippen LogP contribution in [0.15, 0.2) is 0 Å². The van der Waals surface area contributed by atoms with Crippen molar-refractivity contribution >= 4 is 0 Å². The van der Waals surface area contributed by atoms with Crippen molar-refractivity contribution in [1.82, 2.24) is 0 Å².